The molecule has 0 aliphatic heterocycles. The molecule has 20 heavy (non-hydrogen) atoms. The Morgan fingerprint density at radius 2 is 1.40 bits per heavy atom. The molecule has 2 aromatic rings. The zero-order valence-electron chi connectivity index (χ0n) is 10.6. The second-order valence-corrected chi connectivity index (χ2v) is 3.85. The van der Waals surface area contributed by atoms with Crippen LogP contribution in [0.15, 0.2) is 67.3 Å². The van der Waals surface area contributed by atoms with E-state index < -0.39 is 11.9 Å². The second-order valence-electron chi connectivity index (χ2n) is 3.85. The summed E-state index contributed by atoms with van der Waals surface area (Å²) < 4.78 is 10.1. The van der Waals surface area contributed by atoms with Crippen molar-refractivity contribution >= 4 is 11.9 Å². The fourth-order valence-corrected chi connectivity index (χ4v) is 1.47. The Bertz CT molecular complexity index is 615. The van der Waals surface area contributed by atoms with E-state index in [1.165, 1.54) is 12.1 Å². The van der Waals surface area contributed by atoms with Crippen molar-refractivity contribution in [2.24, 2.45) is 0 Å². The Balaban J connectivity index is 2.02. The molecule has 0 aromatic heterocycles. The van der Waals surface area contributed by atoms with Crippen LogP contribution in [0.5, 0.6) is 11.5 Å². The van der Waals surface area contributed by atoms with Crippen LogP contribution in [0.1, 0.15) is 10.4 Å². The predicted molar refractivity (Wildman–Crippen MR) is 73.7 cm³/mol. The normalized spacial score (nSPS) is 9.60. The summed E-state index contributed by atoms with van der Waals surface area (Å²) >= 11 is 0. The first-order valence-corrected chi connectivity index (χ1v) is 5.90. The van der Waals surface area contributed by atoms with E-state index in [2.05, 4.69) is 6.58 Å². The van der Waals surface area contributed by atoms with Crippen LogP contribution < -0.4 is 9.47 Å². The zero-order chi connectivity index (χ0) is 14.4. The van der Waals surface area contributed by atoms with Crippen molar-refractivity contribution in [2.45, 2.75) is 0 Å². The highest BCUT2D eigenvalue weighted by Gasteiger charge is 2.08. The van der Waals surface area contributed by atoms with Crippen LogP contribution in [-0.4, -0.2) is 11.9 Å². The lowest BCUT2D eigenvalue weighted by atomic mass is 10.2. The summed E-state index contributed by atoms with van der Waals surface area (Å²) in [5, 5.41) is 0. The molecular weight excluding hydrogens is 256 g/mol. The molecule has 0 bridgehead atoms. The average Bonchev–Trinajstić information content (AvgIpc) is 2.50. The van der Waals surface area contributed by atoms with Gasteiger partial charge in [-0.05, 0) is 36.4 Å². The van der Waals surface area contributed by atoms with E-state index in [0.29, 0.717) is 17.1 Å². The monoisotopic (exact) mass is 268 g/mol. The highest BCUT2D eigenvalue weighted by molar-refractivity contribution is 5.91. The molecule has 2 rings (SSSR count). The predicted octanol–water partition coefficient (Wildman–Crippen LogP) is 3.00. The first-order chi connectivity index (χ1) is 9.69. The first kappa shape index (κ1) is 13.5. The van der Waals surface area contributed by atoms with Gasteiger partial charge in [-0.3, -0.25) is 0 Å². The molecule has 4 nitrogen and oxygen atoms in total. The highest BCUT2D eigenvalue weighted by atomic mass is 16.5. The number of hydrogen-bond acceptors (Lipinski definition) is 4. The Morgan fingerprint density at radius 3 is 1.95 bits per heavy atom. The van der Waals surface area contributed by atoms with E-state index >= 15 is 0 Å². The van der Waals surface area contributed by atoms with Crippen molar-refractivity contribution in [2.75, 3.05) is 0 Å². The van der Waals surface area contributed by atoms with Crippen LogP contribution >= 0.6 is 0 Å². The van der Waals surface area contributed by atoms with Crippen LogP contribution in [-0.2, 0) is 4.79 Å². The fourth-order valence-electron chi connectivity index (χ4n) is 1.47. The molecule has 2 aromatic carbocycles. The van der Waals surface area contributed by atoms with E-state index in [4.69, 9.17) is 9.47 Å². The Hall–Kier alpha value is -2.88. The first-order valence-electron chi connectivity index (χ1n) is 5.90. The molecule has 0 atom stereocenters. The highest BCUT2D eigenvalue weighted by Crippen LogP contribution is 2.18. The molecule has 100 valence electrons. The summed E-state index contributed by atoms with van der Waals surface area (Å²) in [6.07, 6.45) is 1.07. The lowest BCUT2D eigenvalue weighted by molar-refractivity contribution is -0.128. The van der Waals surface area contributed by atoms with Gasteiger partial charge in [0.25, 0.3) is 0 Å². The molecule has 0 unspecified atom stereocenters. The number of carbonyl (C=O) groups excluding carboxylic acids is 2. The summed E-state index contributed by atoms with van der Waals surface area (Å²) in [5.74, 6) is -0.257. The smallest absolute Gasteiger partial charge is 0.343 e. The van der Waals surface area contributed by atoms with Gasteiger partial charge in [-0.2, -0.15) is 0 Å². The van der Waals surface area contributed by atoms with Crippen molar-refractivity contribution in [1.82, 2.24) is 0 Å². The van der Waals surface area contributed by atoms with E-state index in [0.717, 1.165) is 6.08 Å². The lowest BCUT2D eigenvalue weighted by Gasteiger charge is -2.05. The van der Waals surface area contributed by atoms with E-state index in [-0.39, 0.29) is 0 Å². The van der Waals surface area contributed by atoms with Crippen molar-refractivity contribution in [3.63, 3.8) is 0 Å². The van der Waals surface area contributed by atoms with Gasteiger partial charge in [-0.1, -0.05) is 24.8 Å². The van der Waals surface area contributed by atoms with Crippen molar-refractivity contribution < 1.29 is 19.1 Å². The zero-order valence-corrected chi connectivity index (χ0v) is 10.6. The standard InChI is InChI=1S/C16H12O4/c1-2-15(17)19-13-8-10-14(11-9-13)20-16(18)12-6-4-3-5-7-12/h2-11H,1H2. The van der Waals surface area contributed by atoms with Crippen LogP contribution in [0.3, 0.4) is 0 Å². The maximum Gasteiger partial charge on any atom is 0.343 e. The molecule has 0 amide bonds. The van der Waals surface area contributed by atoms with Crippen molar-refractivity contribution in [3.05, 3.63) is 72.8 Å². The third kappa shape index (κ3) is 3.55. The van der Waals surface area contributed by atoms with Gasteiger partial charge in [0.15, 0.2) is 0 Å². The second kappa shape index (κ2) is 6.33. The molecule has 0 saturated carbocycles. The summed E-state index contributed by atoms with van der Waals surface area (Å²) in [5.41, 5.74) is 0.467. The Morgan fingerprint density at radius 1 is 0.850 bits per heavy atom. The van der Waals surface area contributed by atoms with Crippen molar-refractivity contribution in [1.29, 1.82) is 0 Å². The summed E-state index contributed by atoms with van der Waals surface area (Å²) in [6, 6.07) is 14.8. The van der Waals surface area contributed by atoms with Crippen LogP contribution in [0.4, 0.5) is 0 Å². The number of rotatable bonds is 4. The van der Waals surface area contributed by atoms with Gasteiger partial charge in [-0.25, -0.2) is 9.59 Å². The molecule has 0 aliphatic rings. The van der Waals surface area contributed by atoms with Gasteiger partial charge in [0, 0.05) is 6.08 Å². The third-order valence-corrected chi connectivity index (χ3v) is 2.43. The summed E-state index contributed by atoms with van der Waals surface area (Å²) in [6.45, 7) is 3.30. The molecule has 0 fully saturated rings. The van der Waals surface area contributed by atoms with E-state index in [1.807, 2.05) is 6.07 Å². The van der Waals surface area contributed by atoms with Gasteiger partial charge in [0.1, 0.15) is 11.5 Å². The molecule has 0 radical (unpaired) electrons. The third-order valence-electron chi connectivity index (χ3n) is 2.43. The number of esters is 2. The van der Waals surface area contributed by atoms with Crippen LogP contribution in [0.2, 0.25) is 0 Å². The average molecular weight is 268 g/mol. The molecule has 0 N–H and O–H groups in total. The summed E-state index contributed by atoms with van der Waals surface area (Å²) in [7, 11) is 0. The van der Waals surface area contributed by atoms with Crippen LogP contribution in [0, 0.1) is 0 Å². The summed E-state index contributed by atoms with van der Waals surface area (Å²) in [4.78, 5) is 22.8. The lowest BCUT2D eigenvalue weighted by Crippen LogP contribution is -2.08. The molecule has 0 aliphatic carbocycles. The van der Waals surface area contributed by atoms with Gasteiger partial charge in [0.05, 0.1) is 5.56 Å². The maximum absolute atomic E-state index is 11.8. The van der Waals surface area contributed by atoms with Gasteiger partial charge < -0.3 is 9.47 Å². The number of carbonyl (C=O) groups is 2. The minimum Gasteiger partial charge on any atom is -0.423 e. The van der Waals surface area contributed by atoms with E-state index in [1.54, 1.807) is 36.4 Å². The Kier molecular flexibility index (Phi) is 4.29. The molecule has 0 saturated heterocycles. The van der Waals surface area contributed by atoms with Crippen LogP contribution in [0.25, 0.3) is 0 Å². The fraction of sp³-hybridized carbons (Fsp3) is 0. The number of benzene rings is 2. The quantitative estimate of drug-likeness (QED) is 0.486. The topological polar surface area (TPSA) is 52.6 Å². The SMILES string of the molecule is C=CC(=O)Oc1ccc(OC(=O)c2ccccc2)cc1. The molecule has 0 spiro atoms. The largest absolute Gasteiger partial charge is 0.423 e. The molecule has 4 heteroatoms. The Labute approximate surface area is 116 Å². The maximum atomic E-state index is 11.8. The number of hydrogen-bond donors (Lipinski definition) is 0. The van der Waals surface area contributed by atoms with Gasteiger partial charge >= 0.3 is 11.9 Å². The van der Waals surface area contributed by atoms with Gasteiger partial charge in [-0.15, -0.1) is 0 Å². The molecular formula is C16H12O4. The molecule has 0 heterocycles. The minimum absolute atomic E-state index is 0.356. The van der Waals surface area contributed by atoms with Crippen molar-refractivity contribution in [3.8, 4) is 11.5 Å². The minimum atomic E-state index is -0.543. The van der Waals surface area contributed by atoms with Gasteiger partial charge in [0.2, 0.25) is 0 Å². The van der Waals surface area contributed by atoms with E-state index in [9.17, 15) is 9.59 Å². The number of ether oxygens (including phenoxy) is 2.